The molecule has 1 amide bonds. The summed E-state index contributed by atoms with van der Waals surface area (Å²) < 4.78 is 5.54. The maximum absolute atomic E-state index is 12.4. The fourth-order valence-electron chi connectivity index (χ4n) is 3.56. The SMILES string of the molecule is C[C@@H]1CN(c2cccc3c2CNCC3)CCN1C(=O)OC(C)(C)C. The van der Waals surface area contributed by atoms with Crippen molar-refractivity contribution in [2.24, 2.45) is 0 Å². The molecule has 1 aromatic carbocycles. The highest BCUT2D eigenvalue weighted by Crippen LogP contribution is 2.28. The fraction of sp³-hybridized carbons (Fsp3) is 0.632. The average molecular weight is 331 g/mol. The van der Waals surface area contributed by atoms with Gasteiger partial charge in [-0.2, -0.15) is 0 Å². The molecule has 0 bridgehead atoms. The van der Waals surface area contributed by atoms with Gasteiger partial charge < -0.3 is 19.9 Å². The number of amides is 1. The molecule has 0 radical (unpaired) electrons. The maximum atomic E-state index is 12.4. The largest absolute Gasteiger partial charge is 0.444 e. The van der Waals surface area contributed by atoms with Gasteiger partial charge in [0, 0.05) is 37.9 Å². The van der Waals surface area contributed by atoms with Gasteiger partial charge in [0.15, 0.2) is 0 Å². The van der Waals surface area contributed by atoms with Gasteiger partial charge in [0.1, 0.15) is 5.60 Å². The Morgan fingerprint density at radius 1 is 1.29 bits per heavy atom. The second-order valence-electron chi connectivity index (χ2n) is 7.81. The summed E-state index contributed by atoms with van der Waals surface area (Å²) in [7, 11) is 0. The second kappa shape index (κ2) is 6.63. The van der Waals surface area contributed by atoms with Crippen molar-refractivity contribution in [2.45, 2.75) is 52.3 Å². The zero-order chi connectivity index (χ0) is 17.3. The Balaban J connectivity index is 1.71. The van der Waals surface area contributed by atoms with Crippen LogP contribution in [0.4, 0.5) is 10.5 Å². The highest BCUT2D eigenvalue weighted by molar-refractivity contribution is 5.69. The number of rotatable bonds is 1. The van der Waals surface area contributed by atoms with Gasteiger partial charge >= 0.3 is 6.09 Å². The van der Waals surface area contributed by atoms with E-state index in [2.05, 4.69) is 35.3 Å². The molecule has 1 saturated heterocycles. The third-order valence-electron chi connectivity index (χ3n) is 4.72. The molecule has 132 valence electrons. The lowest BCUT2D eigenvalue weighted by Crippen LogP contribution is -2.55. The minimum absolute atomic E-state index is 0.140. The summed E-state index contributed by atoms with van der Waals surface area (Å²) in [5.41, 5.74) is 3.74. The lowest BCUT2D eigenvalue weighted by molar-refractivity contribution is 0.0159. The molecule has 1 fully saturated rings. The number of anilines is 1. The van der Waals surface area contributed by atoms with Gasteiger partial charge in [0.2, 0.25) is 0 Å². The predicted molar refractivity (Wildman–Crippen MR) is 96.5 cm³/mol. The van der Waals surface area contributed by atoms with Crippen molar-refractivity contribution in [1.82, 2.24) is 10.2 Å². The first-order chi connectivity index (χ1) is 11.3. The van der Waals surface area contributed by atoms with E-state index in [-0.39, 0.29) is 12.1 Å². The van der Waals surface area contributed by atoms with E-state index in [9.17, 15) is 4.79 Å². The van der Waals surface area contributed by atoms with Crippen LogP contribution < -0.4 is 10.2 Å². The average Bonchev–Trinajstić information content (AvgIpc) is 2.52. The van der Waals surface area contributed by atoms with Crippen LogP contribution in [0, 0.1) is 0 Å². The number of carbonyl (C=O) groups is 1. The summed E-state index contributed by atoms with van der Waals surface area (Å²) in [4.78, 5) is 16.6. The van der Waals surface area contributed by atoms with E-state index in [4.69, 9.17) is 4.74 Å². The van der Waals surface area contributed by atoms with E-state index in [1.54, 1.807) is 0 Å². The first-order valence-corrected chi connectivity index (χ1v) is 8.91. The van der Waals surface area contributed by atoms with Crippen LogP contribution in [0.15, 0.2) is 18.2 Å². The molecule has 2 heterocycles. The molecule has 0 aromatic heterocycles. The standard InChI is InChI=1S/C19H29N3O2/c1-14-13-21(10-11-22(14)18(23)24-19(2,3)4)17-7-5-6-15-8-9-20-12-16(15)17/h5-7,14,20H,8-13H2,1-4H3/t14-/m1/s1. The van der Waals surface area contributed by atoms with Crippen LogP contribution in [0.2, 0.25) is 0 Å². The fourth-order valence-corrected chi connectivity index (χ4v) is 3.56. The molecule has 24 heavy (non-hydrogen) atoms. The number of benzene rings is 1. The van der Waals surface area contributed by atoms with Gasteiger partial charge in [-0.15, -0.1) is 0 Å². The smallest absolute Gasteiger partial charge is 0.410 e. The van der Waals surface area contributed by atoms with Crippen molar-refractivity contribution < 1.29 is 9.53 Å². The topological polar surface area (TPSA) is 44.8 Å². The van der Waals surface area contributed by atoms with Gasteiger partial charge in [-0.1, -0.05) is 12.1 Å². The molecule has 3 rings (SSSR count). The highest BCUT2D eigenvalue weighted by Gasteiger charge is 2.31. The van der Waals surface area contributed by atoms with E-state index >= 15 is 0 Å². The lowest BCUT2D eigenvalue weighted by Gasteiger charge is -2.42. The molecular weight excluding hydrogens is 302 g/mol. The number of nitrogens with zero attached hydrogens (tertiary/aromatic N) is 2. The Labute approximate surface area is 145 Å². The Morgan fingerprint density at radius 2 is 2.08 bits per heavy atom. The summed E-state index contributed by atoms with van der Waals surface area (Å²) in [6.45, 7) is 12.2. The third-order valence-corrected chi connectivity index (χ3v) is 4.72. The summed E-state index contributed by atoms with van der Waals surface area (Å²) >= 11 is 0. The predicted octanol–water partition coefficient (Wildman–Crippen LogP) is 2.78. The van der Waals surface area contributed by atoms with Crippen LogP contribution in [0.25, 0.3) is 0 Å². The Morgan fingerprint density at radius 3 is 2.79 bits per heavy atom. The maximum Gasteiger partial charge on any atom is 0.410 e. The van der Waals surface area contributed by atoms with Gasteiger partial charge in [-0.3, -0.25) is 0 Å². The minimum atomic E-state index is -0.446. The van der Waals surface area contributed by atoms with Gasteiger partial charge in [0.25, 0.3) is 0 Å². The van der Waals surface area contributed by atoms with E-state index in [1.165, 1.54) is 16.8 Å². The molecule has 0 aliphatic carbocycles. The first kappa shape index (κ1) is 17.1. The van der Waals surface area contributed by atoms with Crippen molar-refractivity contribution >= 4 is 11.8 Å². The monoisotopic (exact) mass is 331 g/mol. The second-order valence-corrected chi connectivity index (χ2v) is 7.81. The molecule has 5 nitrogen and oxygen atoms in total. The zero-order valence-corrected chi connectivity index (χ0v) is 15.3. The van der Waals surface area contributed by atoms with Gasteiger partial charge in [-0.25, -0.2) is 4.79 Å². The minimum Gasteiger partial charge on any atom is -0.444 e. The zero-order valence-electron chi connectivity index (χ0n) is 15.3. The van der Waals surface area contributed by atoms with Crippen molar-refractivity contribution in [2.75, 3.05) is 31.1 Å². The summed E-state index contributed by atoms with van der Waals surface area (Å²) in [6, 6.07) is 6.74. The molecule has 0 unspecified atom stereocenters. The molecular formula is C19H29N3O2. The summed E-state index contributed by atoms with van der Waals surface area (Å²) in [5, 5.41) is 3.47. The van der Waals surface area contributed by atoms with Crippen LogP contribution in [0.3, 0.4) is 0 Å². The van der Waals surface area contributed by atoms with Crippen molar-refractivity contribution in [1.29, 1.82) is 0 Å². The van der Waals surface area contributed by atoms with E-state index < -0.39 is 5.60 Å². The molecule has 0 spiro atoms. The van der Waals surface area contributed by atoms with Crippen molar-refractivity contribution in [3.63, 3.8) is 0 Å². The number of carbonyl (C=O) groups excluding carboxylic acids is 1. The van der Waals surface area contributed by atoms with E-state index in [0.29, 0.717) is 6.54 Å². The number of hydrogen-bond donors (Lipinski definition) is 1. The molecule has 1 atom stereocenters. The third kappa shape index (κ3) is 3.66. The number of hydrogen-bond acceptors (Lipinski definition) is 4. The van der Waals surface area contributed by atoms with E-state index in [0.717, 1.165) is 32.6 Å². The number of ether oxygens (including phenoxy) is 1. The normalized spacial score (nSPS) is 21.4. The van der Waals surface area contributed by atoms with Gasteiger partial charge in [-0.05, 0) is 57.9 Å². The van der Waals surface area contributed by atoms with Crippen molar-refractivity contribution in [3.05, 3.63) is 29.3 Å². The number of piperazine rings is 1. The van der Waals surface area contributed by atoms with Crippen LogP contribution in [0.1, 0.15) is 38.8 Å². The molecule has 2 aliphatic heterocycles. The Kier molecular flexibility index (Phi) is 4.72. The molecule has 0 saturated carbocycles. The summed E-state index contributed by atoms with van der Waals surface area (Å²) in [5.74, 6) is 0. The number of nitrogens with one attached hydrogen (secondary N) is 1. The van der Waals surface area contributed by atoms with Crippen molar-refractivity contribution in [3.8, 4) is 0 Å². The highest BCUT2D eigenvalue weighted by atomic mass is 16.6. The summed E-state index contributed by atoms with van der Waals surface area (Å²) in [6.07, 6.45) is 0.891. The lowest BCUT2D eigenvalue weighted by atomic mass is 9.98. The van der Waals surface area contributed by atoms with E-state index in [1.807, 2.05) is 25.7 Å². The van der Waals surface area contributed by atoms with Crippen LogP contribution in [-0.2, 0) is 17.7 Å². The van der Waals surface area contributed by atoms with Crippen LogP contribution in [-0.4, -0.2) is 48.8 Å². The first-order valence-electron chi connectivity index (χ1n) is 8.91. The quantitative estimate of drug-likeness (QED) is 0.859. The molecule has 5 heteroatoms. The number of fused-ring (bicyclic) bond motifs is 1. The van der Waals surface area contributed by atoms with Gasteiger partial charge in [0.05, 0.1) is 0 Å². The molecule has 1 aromatic rings. The molecule has 2 aliphatic rings. The Bertz CT molecular complexity index is 609. The van der Waals surface area contributed by atoms with Crippen LogP contribution in [0.5, 0.6) is 0 Å². The molecule has 1 N–H and O–H groups in total. The van der Waals surface area contributed by atoms with Crippen LogP contribution >= 0.6 is 0 Å². The Hall–Kier alpha value is -1.75.